The largest absolute Gasteiger partial charge is 0.502 e. The van der Waals surface area contributed by atoms with E-state index in [0.717, 1.165) is 29.0 Å². The Morgan fingerprint density at radius 3 is 1.36 bits per heavy atom. The summed E-state index contributed by atoms with van der Waals surface area (Å²) in [6, 6.07) is 44.3. The number of methoxy groups -OCH3 is 4. The van der Waals surface area contributed by atoms with Crippen LogP contribution in [0.1, 0.15) is 94.4 Å². The lowest BCUT2D eigenvalue weighted by Crippen LogP contribution is -2.47. The maximum absolute atomic E-state index is 11.8. The van der Waals surface area contributed by atoms with Crippen molar-refractivity contribution in [2.75, 3.05) is 102 Å². The van der Waals surface area contributed by atoms with Gasteiger partial charge in [-0.2, -0.15) is 0 Å². The molecule has 0 heterocycles. The van der Waals surface area contributed by atoms with Gasteiger partial charge < -0.3 is 106 Å². The van der Waals surface area contributed by atoms with Gasteiger partial charge in [0.15, 0.2) is 6.29 Å². The van der Waals surface area contributed by atoms with Crippen LogP contribution in [-0.4, -0.2) is 192 Å². The molecule has 24 nitrogen and oxygen atoms in total. The van der Waals surface area contributed by atoms with E-state index in [4.69, 9.17) is 77.7 Å². The standard InChI is InChI=1S/C27H30O7.C15H16O2.C11H26O7Si.C8H21NO3Si.C6H6.C4H13NO3Si/c1-5-6-7-20(2)27(21-8-12-23(31-3)13-9-21,22-10-14-24(32-4)15-11-22)34-19-18-33-26(30)17-16-25(28)29;1-16-14-7-3-12(4-8-14)11-13-5-9-15(17-2)10-6-13;1-17-19(15,16)9-3-2-4-10(13)5-6-11(14)18-8-7-12;1-4-10-13(8-7-9,11-5-2)12-6-3;1-2-4-6-5-3-1;1-8-9(6,7)4-2-3-5/h5-15H,1-2,16-19H2,3-4H3,(H,28,29);3-10H,11H2,1-2H3;10-16H,2-9H2,1H3;4-9H2,1-3H3;1-6H;6-7H,2-5H2,1H3/b7-6-;;;;;. The predicted octanol–water partition coefficient (Wildman–Crippen LogP) is 8.75. The zero-order valence-corrected chi connectivity index (χ0v) is 61.8. The molecule has 5 rings (SSSR count). The van der Waals surface area contributed by atoms with Crippen LogP contribution in [0.25, 0.3) is 0 Å². The highest BCUT2D eigenvalue weighted by molar-refractivity contribution is 6.60. The van der Waals surface area contributed by atoms with Gasteiger partial charge in [0.05, 0.1) is 67.2 Å². The van der Waals surface area contributed by atoms with Crippen LogP contribution >= 0.6 is 0 Å². The van der Waals surface area contributed by atoms with E-state index in [1.165, 1.54) is 25.3 Å². The number of aliphatic carboxylic acids is 1. The Labute approximate surface area is 584 Å². The van der Waals surface area contributed by atoms with E-state index in [2.05, 4.69) is 46.3 Å². The maximum atomic E-state index is 11.8. The molecule has 0 fully saturated rings. The maximum Gasteiger partial charge on any atom is 0.502 e. The molecule has 5 aromatic rings. The highest BCUT2D eigenvalue weighted by Crippen LogP contribution is 2.42. The molecule has 5 aromatic carbocycles. The van der Waals surface area contributed by atoms with Crippen molar-refractivity contribution in [2.45, 2.75) is 115 Å². The second-order valence-corrected chi connectivity index (χ2v) is 28.6. The van der Waals surface area contributed by atoms with E-state index >= 15 is 0 Å². The van der Waals surface area contributed by atoms with Gasteiger partial charge in [-0.15, -0.1) is 0 Å². The van der Waals surface area contributed by atoms with Crippen molar-refractivity contribution in [3.63, 3.8) is 0 Å². The molecule has 98 heavy (non-hydrogen) atoms. The molecular weight excluding hydrogens is 1320 g/mol. The predicted molar refractivity (Wildman–Crippen MR) is 385 cm³/mol. The minimum atomic E-state index is -3.47. The molecule has 0 saturated carbocycles. The number of carboxylic acid groups (broad SMARTS) is 1. The molecule has 0 aromatic heterocycles. The van der Waals surface area contributed by atoms with Crippen LogP contribution in [0.3, 0.4) is 0 Å². The number of unbranched alkanes of at least 4 members (excludes halogenated alkanes) is 1. The van der Waals surface area contributed by atoms with Gasteiger partial charge in [0.2, 0.25) is 0 Å². The zero-order chi connectivity index (χ0) is 73.5. The summed E-state index contributed by atoms with van der Waals surface area (Å²) in [5.41, 5.74) is 14.3. The number of aliphatic hydroxyl groups is 3. The molecule has 0 aliphatic heterocycles. The molecule has 2 atom stereocenters. The number of benzene rings is 5. The van der Waals surface area contributed by atoms with Gasteiger partial charge in [0.1, 0.15) is 35.2 Å². The quantitative estimate of drug-likeness (QED) is 0.00573. The molecule has 0 aliphatic carbocycles. The van der Waals surface area contributed by atoms with Gasteiger partial charge in [0.25, 0.3) is 0 Å². The number of hydrogen-bond donors (Lipinski definition) is 10. The number of hydrogen-bond acceptors (Lipinski definition) is 23. The van der Waals surface area contributed by atoms with E-state index in [9.17, 15) is 29.4 Å². The summed E-state index contributed by atoms with van der Waals surface area (Å²) in [6.07, 6.45) is 7.20. The highest BCUT2D eigenvalue weighted by Gasteiger charge is 2.40. The van der Waals surface area contributed by atoms with Gasteiger partial charge in [-0.25, -0.2) is 0 Å². The Kier molecular flexibility index (Phi) is 51.6. The third-order valence-electron chi connectivity index (χ3n) is 13.8. The fourth-order valence-electron chi connectivity index (χ4n) is 8.69. The van der Waals surface area contributed by atoms with E-state index < -0.39 is 56.3 Å². The van der Waals surface area contributed by atoms with Crippen LogP contribution in [0.2, 0.25) is 18.1 Å². The van der Waals surface area contributed by atoms with Crippen LogP contribution in [0.4, 0.5) is 0 Å². The minimum absolute atomic E-state index is 0.0395. The molecule has 27 heteroatoms. The normalized spacial score (nSPS) is 11.8. The Hall–Kier alpha value is -6.53. The molecule has 550 valence electrons. The van der Waals surface area contributed by atoms with Crippen LogP contribution in [0.15, 0.2) is 170 Å². The highest BCUT2D eigenvalue weighted by atomic mass is 28.4. The number of carbonyl (C=O) groups is 2. The molecule has 0 radical (unpaired) electrons. The van der Waals surface area contributed by atoms with E-state index in [1.807, 2.05) is 130 Å². The second-order valence-electron chi connectivity index (χ2n) is 21.1. The van der Waals surface area contributed by atoms with Crippen molar-refractivity contribution in [1.29, 1.82) is 0 Å². The van der Waals surface area contributed by atoms with Gasteiger partial charge >= 0.3 is 38.4 Å². The monoisotopic (exact) mass is 1430 g/mol. The SMILES string of the molecule is C=C/C=C\C(=C)C(OCCOC(=O)CCC(=O)O)(c1ccc(OC)cc1)c1ccc(OC)cc1.CCO[Si](CCN)(OCC)OCC.CO[Si](O)(O)CCCCC(O)CCC(O)OCCO.CO[Si](O)(O)CCCN.COc1ccc(Cc2ccc(OC)cc2)cc1.c1ccccc1. The van der Waals surface area contributed by atoms with Crippen LogP contribution in [0.5, 0.6) is 23.0 Å². The summed E-state index contributed by atoms with van der Waals surface area (Å²) in [5, 5.41) is 36.2. The number of allylic oxidation sites excluding steroid dienone is 2. The van der Waals surface area contributed by atoms with E-state index in [1.54, 1.807) is 46.7 Å². The van der Waals surface area contributed by atoms with Crippen molar-refractivity contribution in [3.05, 3.63) is 193 Å². The lowest BCUT2D eigenvalue weighted by Gasteiger charge is -2.36. The number of carboxylic acids is 1. The van der Waals surface area contributed by atoms with E-state index in [-0.39, 0.29) is 45.3 Å². The first kappa shape index (κ1) is 91.5. The summed E-state index contributed by atoms with van der Waals surface area (Å²) in [5.74, 6) is 1.50. The Bertz CT molecular complexity index is 2680. The smallest absolute Gasteiger partial charge is 0.497 e. The Balaban J connectivity index is 0.00000125. The number of rotatable bonds is 42. The van der Waals surface area contributed by atoms with Crippen molar-refractivity contribution in [1.82, 2.24) is 0 Å². The van der Waals surface area contributed by atoms with Gasteiger partial charge in [0, 0.05) is 58.6 Å². The van der Waals surface area contributed by atoms with Gasteiger partial charge in [-0.1, -0.05) is 123 Å². The number of ether oxygens (including phenoxy) is 7. The molecular formula is C71H112N2O22Si3. The third-order valence-corrected chi connectivity index (χ3v) is 20.2. The first-order valence-corrected chi connectivity index (χ1v) is 38.4. The molecule has 0 bridgehead atoms. The molecule has 0 spiro atoms. The number of carbonyl (C=O) groups excluding carboxylic acids is 1. The topological polar surface area (TPSA) is 359 Å². The molecule has 0 aliphatic rings. The summed E-state index contributed by atoms with van der Waals surface area (Å²) < 4.78 is 63.0. The number of nitrogens with two attached hydrogens (primary N) is 2. The van der Waals surface area contributed by atoms with Crippen molar-refractivity contribution < 1.29 is 104 Å². The average molecular weight is 1430 g/mol. The van der Waals surface area contributed by atoms with Crippen LogP contribution in [-0.2, 0) is 58.0 Å². The fraction of sp³-hybridized carbons (Fsp3) is 0.465. The molecule has 12 N–H and O–H groups in total. The lowest BCUT2D eigenvalue weighted by atomic mass is 9.80. The van der Waals surface area contributed by atoms with Crippen molar-refractivity contribution >= 4 is 38.4 Å². The number of aliphatic hydroxyl groups excluding tert-OH is 3. The lowest BCUT2D eigenvalue weighted by molar-refractivity contribution is -0.149. The first-order valence-electron chi connectivity index (χ1n) is 32.4. The summed E-state index contributed by atoms with van der Waals surface area (Å²) in [7, 11) is -0.0596. The summed E-state index contributed by atoms with van der Waals surface area (Å²) in [6.45, 7) is 16.6. The molecule has 0 amide bonds. The number of esters is 1. The third kappa shape index (κ3) is 41.1. The minimum Gasteiger partial charge on any atom is -0.497 e. The van der Waals surface area contributed by atoms with Gasteiger partial charge in [-0.05, 0) is 142 Å². The van der Waals surface area contributed by atoms with Gasteiger partial charge in [-0.3, -0.25) is 9.59 Å². The summed E-state index contributed by atoms with van der Waals surface area (Å²) in [4.78, 5) is 58.8. The Morgan fingerprint density at radius 1 is 0.561 bits per heavy atom. The van der Waals surface area contributed by atoms with Crippen molar-refractivity contribution in [2.24, 2.45) is 11.5 Å². The average Bonchev–Trinajstić information content (AvgIpc) is 0.763. The Morgan fingerprint density at radius 2 is 0.990 bits per heavy atom. The van der Waals surface area contributed by atoms with Crippen LogP contribution < -0.4 is 30.4 Å². The zero-order valence-electron chi connectivity index (χ0n) is 58.8. The fourth-order valence-corrected chi connectivity index (χ4v) is 12.8. The second kappa shape index (κ2) is 55.3. The van der Waals surface area contributed by atoms with E-state index in [0.29, 0.717) is 101 Å². The molecule has 2 unspecified atom stereocenters. The molecule has 0 saturated heterocycles. The first-order chi connectivity index (χ1) is 47.0. The summed E-state index contributed by atoms with van der Waals surface area (Å²) >= 11 is 0. The van der Waals surface area contributed by atoms with Crippen molar-refractivity contribution in [3.8, 4) is 23.0 Å². The van der Waals surface area contributed by atoms with Crippen LogP contribution in [0, 0.1) is 0 Å².